The number of piperidine rings is 2. The summed E-state index contributed by atoms with van der Waals surface area (Å²) in [6, 6.07) is 5.02. The second-order valence-electron chi connectivity index (χ2n) is 11.2. The molecule has 2 aromatic heterocycles. The molecule has 0 radical (unpaired) electrons. The van der Waals surface area contributed by atoms with Crippen LogP contribution in [-0.4, -0.2) is 68.7 Å². The largest absolute Gasteiger partial charge is 0.573 e. The molecule has 43 heavy (non-hydrogen) atoms. The summed E-state index contributed by atoms with van der Waals surface area (Å²) in [6.45, 7) is 6.32. The summed E-state index contributed by atoms with van der Waals surface area (Å²) in [6.07, 6.45) is 2.45. The standard InChI is InChI=1S/C30H34F3N5O4S/c1-18-6-7-21(13-24(18)42-30(31,32)33)28-25(17-38-10-4-3-5-19(38)2)43-27(36-28)14-23(39)22-15-35-26(16-34-22)37-11-8-20(9-12-37)29(40)41/h6-7,13,15-16,19-20H,3-5,8-12,14,17H2,1-2H3,(H,40,41)/t19-/m1/s1. The molecule has 0 spiro atoms. The first-order valence-corrected chi connectivity index (χ1v) is 15.2. The van der Waals surface area contributed by atoms with Crippen molar-refractivity contribution >= 4 is 28.9 Å². The smallest absolute Gasteiger partial charge is 0.481 e. The van der Waals surface area contributed by atoms with Crippen molar-refractivity contribution in [1.29, 1.82) is 0 Å². The number of Topliss-reactive ketones (excluding diaryl/α,β-unsaturated/α-hetero) is 1. The number of carboxylic acids is 1. The molecule has 1 N–H and O–H groups in total. The van der Waals surface area contributed by atoms with Crippen LogP contribution in [-0.2, 0) is 17.8 Å². The van der Waals surface area contributed by atoms with Gasteiger partial charge in [0, 0.05) is 36.1 Å². The molecule has 13 heteroatoms. The zero-order valence-corrected chi connectivity index (χ0v) is 24.9. The van der Waals surface area contributed by atoms with Gasteiger partial charge in [0.05, 0.1) is 30.4 Å². The number of ether oxygens (including phenoxy) is 1. The molecule has 5 rings (SSSR count). The average molecular weight is 618 g/mol. The van der Waals surface area contributed by atoms with Crippen molar-refractivity contribution in [3.63, 3.8) is 0 Å². The number of carboxylic acid groups (broad SMARTS) is 1. The van der Waals surface area contributed by atoms with Crippen LogP contribution in [0.1, 0.15) is 65.0 Å². The minimum atomic E-state index is -4.82. The minimum Gasteiger partial charge on any atom is -0.481 e. The monoisotopic (exact) mass is 617 g/mol. The van der Waals surface area contributed by atoms with E-state index in [0.29, 0.717) is 66.2 Å². The van der Waals surface area contributed by atoms with Gasteiger partial charge in [-0.3, -0.25) is 14.5 Å². The molecule has 0 aliphatic carbocycles. The van der Waals surface area contributed by atoms with Gasteiger partial charge in [0.2, 0.25) is 0 Å². The lowest BCUT2D eigenvalue weighted by Crippen LogP contribution is -2.36. The number of carbonyl (C=O) groups is 2. The van der Waals surface area contributed by atoms with Gasteiger partial charge in [-0.25, -0.2) is 15.0 Å². The van der Waals surface area contributed by atoms with Crippen molar-refractivity contribution < 1.29 is 32.6 Å². The highest BCUT2D eigenvalue weighted by Crippen LogP contribution is 2.36. The Balaban J connectivity index is 1.36. The average Bonchev–Trinajstić information content (AvgIpc) is 3.36. The Hall–Kier alpha value is -3.58. The molecular formula is C30H34F3N5O4S. The Morgan fingerprint density at radius 2 is 1.86 bits per heavy atom. The maximum Gasteiger partial charge on any atom is 0.573 e. The van der Waals surface area contributed by atoms with Crippen molar-refractivity contribution in [1.82, 2.24) is 19.9 Å². The molecular weight excluding hydrogens is 583 g/mol. The Labute approximate surface area is 251 Å². The number of aryl methyl sites for hydroxylation is 1. The van der Waals surface area contributed by atoms with Crippen LogP contribution in [0.25, 0.3) is 11.3 Å². The second kappa shape index (κ2) is 13.0. The molecule has 2 fully saturated rings. The van der Waals surface area contributed by atoms with Gasteiger partial charge in [-0.15, -0.1) is 24.5 Å². The first-order valence-electron chi connectivity index (χ1n) is 14.4. The van der Waals surface area contributed by atoms with Crippen LogP contribution in [0, 0.1) is 12.8 Å². The van der Waals surface area contributed by atoms with Crippen LogP contribution < -0.4 is 9.64 Å². The van der Waals surface area contributed by atoms with Gasteiger partial charge < -0.3 is 14.7 Å². The predicted octanol–water partition coefficient (Wildman–Crippen LogP) is 5.91. The Kier molecular flexibility index (Phi) is 9.30. The summed E-state index contributed by atoms with van der Waals surface area (Å²) in [5, 5.41) is 9.76. The van der Waals surface area contributed by atoms with E-state index in [4.69, 9.17) is 4.98 Å². The number of hydrogen-bond acceptors (Lipinski definition) is 9. The van der Waals surface area contributed by atoms with Gasteiger partial charge in [0.15, 0.2) is 5.78 Å². The maximum absolute atomic E-state index is 13.2. The van der Waals surface area contributed by atoms with E-state index in [9.17, 15) is 27.9 Å². The van der Waals surface area contributed by atoms with Crippen LogP contribution in [0.15, 0.2) is 30.6 Å². The molecule has 1 aromatic carbocycles. The Morgan fingerprint density at radius 1 is 1.09 bits per heavy atom. The van der Waals surface area contributed by atoms with E-state index in [0.717, 1.165) is 30.7 Å². The van der Waals surface area contributed by atoms with Gasteiger partial charge >= 0.3 is 12.3 Å². The van der Waals surface area contributed by atoms with Crippen LogP contribution in [0.4, 0.5) is 19.0 Å². The van der Waals surface area contributed by atoms with Crippen molar-refractivity contribution in [3.8, 4) is 17.0 Å². The number of aliphatic carboxylic acids is 1. The lowest BCUT2D eigenvalue weighted by atomic mass is 9.97. The summed E-state index contributed by atoms with van der Waals surface area (Å²) in [5.41, 5.74) is 1.58. The van der Waals surface area contributed by atoms with Crippen LogP contribution in [0.5, 0.6) is 5.75 Å². The number of rotatable bonds is 9. The molecule has 2 saturated heterocycles. The van der Waals surface area contributed by atoms with E-state index in [1.165, 1.54) is 29.8 Å². The molecule has 0 unspecified atom stereocenters. The summed E-state index contributed by atoms with van der Waals surface area (Å²) >= 11 is 1.38. The van der Waals surface area contributed by atoms with E-state index in [-0.39, 0.29) is 29.6 Å². The number of nitrogens with zero attached hydrogens (tertiary/aromatic N) is 5. The van der Waals surface area contributed by atoms with E-state index in [1.807, 2.05) is 4.90 Å². The topological polar surface area (TPSA) is 109 Å². The first kappa shape index (κ1) is 30.9. The van der Waals surface area contributed by atoms with Crippen molar-refractivity contribution in [3.05, 3.63) is 51.7 Å². The van der Waals surface area contributed by atoms with Gasteiger partial charge in [-0.2, -0.15) is 0 Å². The highest BCUT2D eigenvalue weighted by atomic mass is 32.1. The van der Waals surface area contributed by atoms with Crippen LogP contribution in [0.2, 0.25) is 0 Å². The number of anilines is 1. The zero-order chi connectivity index (χ0) is 30.7. The van der Waals surface area contributed by atoms with Crippen molar-refractivity contribution in [2.24, 2.45) is 5.92 Å². The van der Waals surface area contributed by atoms with E-state index < -0.39 is 12.3 Å². The summed E-state index contributed by atoms with van der Waals surface area (Å²) < 4.78 is 43.4. The summed E-state index contributed by atoms with van der Waals surface area (Å²) in [4.78, 5) is 43.1. The molecule has 9 nitrogen and oxygen atoms in total. The Bertz CT molecular complexity index is 1450. The van der Waals surface area contributed by atoms with Crippen LogP contribution >= 0.6 is 11.3 Å². The van der Waals surface area contributed by atoms with E-state index in [1.54, 1.807) is 19.1 Å². The quantitative estimate of drug-likeness (QED) is 0.293. The van der Waals surface area contributed by atoms with E-state index >= 15 is 0 Å². The molecule has 0 saturated carbocycles. The maximum atomic E-state index is 13.2. The zero-order valence-electron chi connectivity index (χ0n) is 24.1. The van der Waals surface area contributed by atoms with Crippen molar-refractivity contribution in [2.45, 2.75) is 71.3 Å². The third kappa shape index (κ3) is 7.69. The fourth-order valence-corrected chi connectivity index (χ4v) is 6.69. The molecule has 230 valence electrons. The molecule has 2 aliphatic rings. The molecule has 2 aliphatic heterocycles. The fraction of sp³-hybridized carbons (Fsp3) is 0.500. The Morgan fingerprint density at radius 3 is 2.51 bits per heavy atom. The number of halogens is 3. The third-order valence-corrected chi connectivity index (χ3v) is 9.16. The minimum absolute atomic E-state index is 0.0248. The molecule has 3 aromatic rings. The molecule has 1 atom stereocenters. The number of alkyl halides is 3. The first-order chi connectivity index (χ1) is 20.5. The van der Waals surface area contributed by atoms with Crippen LogP contribution in [0.3, 0.4) is 0 Å². The lowest BCUT2D eigenvalue weighted by Gasteiger charge is -2.33. The fourth-order valence-electron chi connectivity index (χ4n) is 5.58. The highest BCUT2D eigenvalue weighted by Gasteiger charge is 2.32. The second-order valence-corrected chi connectivity index (χ2v) is 12.4. The van der Waals surface area contributed by atoms with E-state index in [2.05, 4.69) is 26.5 Å². The van der Waals surface area contributed by atoms with Crippen molar-refractivity contribution in [2.75, 3.05) is 24.5 Å². The molecule has 4 heterocycles. The number of benzene rings is 1. The summed E-state index contributed by atoms with van der Waals surface area (Å²) in [7, 11) is 0. The number of thiazole rings is 1. The van der Waals surface area contributed by atoms with Gasteiger partial charge in [-0.1, -0.05) is 18.6 Å². The molecule has 0 bridgehead atoms. The highest BCUT2D eigenvalue weighted by molar-refractivity contribution is 7.12. The lowest BCUT2D eigenvalue weighted by molar-refractivity contribution is -0.274. The molecule has 0 amide bonds. The number of carbonyl (C=O) groups excluding carboxylic acids is 1. The summed E-state index contributed by atoms with van der Waals surface area (Å²) in [5.74, 6) is -1.11. The SMILES string of the molecule is Cc1ccc(-c2nc(CC(=O)c3cnc(N4CCC(C(=O)O)CC4)cn3)sc2CN2CCCC[C@H]2C)cc1OC(F)(F)F. The van der Waals surface area contributed by atoms with Gasteiger partial charge in [0.25, 0.3) is 0 Å². The number of ketones is 1. The van der Waals surface area contributed by atoms with Gasteiger partial charge in [-0.05, 0) is 57.7 Å². The number of likely N-dealkylation sites (tertiary alicyclic amines) is 1. The number of hydrogen-bond donors (Lipinski definition) is 1. The van der Waals surface area contributed by atoms with Gasteiger partial charge in [0.1, 0.15) is 22.3 Å². The normalized spacial score (nSPS) is 18.5. The predicted molar refractivity (Wildman–Crippen MR) is 155 cm³/mol. The number of aromatic nitrogens is 3. The third-order valence-electron chi connectivity index (χ3n) is 8.12.